The predicted molar refractivity (Wildman–Crippen MR) is 74.0 cm³/mol. The van der Waals surface area contributed by atoms with Crippen molar-refractivity contribution in [2.24, 2.45) is 0 Å². The van der Waals surface area contributed by atoms with Gasteiger partial charge in [0.2, 0.25) is 5.88 Å². The molecule has 0 fully saturated rings. The molecule has 0 saturated heterocycles. The van der Waals surface area contributed by atoms with Gasteiger partial charge in [0.25, 0.3) is 5.91 Å². The number of carbonyl (C=O) groups excluding carboxylic acids is 2. The molecule has 9 heteroatoms. The van der Waals surface area contributed by atoms with Crippen LogP contribution in [0.1, 0.15) is 30.6 Å². The van der Waals surface area contributed by atoms with Crippen molar-refractivity contribution >= 4 is 11.9 Å². The van der Waals surface area contributed by atoms with Crippen molar-refractivity contribution in [3.63, 3.8) is 0 Å². The monoisotopic (exact) mass is 334 g/mol. The lowest BCUT2D eigenvalue weighted by Gasteiger charge is -2.26. The third kappa shape index (κ3) is 5.42. The maximum atomic E-state index is 12.1. The van der Waals surface area contributed by atoms with Crippen LogP contribution in [0.4, 0.5) is 13.2 Å². The quantitative estimate of drug-likeness (QED) is 0.806. The number of alkyl halides is 3. The first-order valence-electron chi connectivity index (χ1n) is 6.68. The Balaban J connectivity index is 2.76. The molecule has 0 spiro atoms. The van der Waals surface area contributed by atoms with Crippen LogP contribution in [0.15, 0.2) is 18.3 Å². The van der Waals surface area contributed by atoms with Gasteiger partial charge in [0.1, 0.15) is 5.54 Å². The Morgan fingerprint density at radius 1 is 1.30 bits per heavy atom. The molecule has 1 unspecified atom stereocenters. The third-order valence-electron chi connectivity index (χ3n) is 3.11. The van der Waals surface area contributed by atoms with Crippen LogP contribution in [0.3, 0.4) is 0 Å². The van der Waals surface area contributed by atoms with Gasteiger partial charge in [-0.25, -0.2) is 9.78 Å². The second kappa shape index (κ2) is 7.30. The summed E-state index contributed by atoms with van der Waals surface area (Å²) in [5, 5.41) is 2.51. The molecule has 0 bridgehead atoms. The standard InChI is InChI=1S/C14H17F3N2O4/c1-4-13(2,12(21)22-3)19-11(20)9-5-6-10(18-7-9)23-8-14(15,16)17/h5-7H,4,8H2,1-3H3,(H,19,20). The fourth-order valence-electron chi connectivity index (χ4n) is 1.59. The number of nitrogens with one attached hydrogen (secondary N) is 1. The third-order valence-corrected chi connectivity index (χ3v) is 3.11. The highest BCUT2D eigenvalue weighted by Gasteiger charge is 2.34. The number of nitrogens with zero attached hydrogens (tertiary/aromatic N) is 1. The minimum absolute atomic E-state index is 0.0768. The zero-order chi connectivity index (χ0) is 17.7. The highest BCUT2D eigenvalue weighted by atomic mass is 19.4. The number of hydrogen-bond acceptors (Lipinski definition) is 5. The lowest BCUT2D eigenvalue weighted by Crippen LogP contribution is -2.52. The molecule has 0 aliphatic heterocycles. The van der Waals surface area contributed by atoms with Gasteiger partial charge < -0.3 is 14.8 Å². The minimum atomic E-state index is -4.47. The normalized spacial score (nSPS) is 13.8. The number of esters is 1. The highest BCUT2D eigenvalue weighted by molar-refractivity contribution is 5.97. The van der Waals surface area contributed by atoms with Crippen LogP contribution in [-0.2, 0) is 9.53 Å². The Morgan fingerprint density at radius 2 is 1.96 bits per heavy atom. The number of halogens is 3. The van der Waals surface area contributed by atoms with Crippen molar-refractivity contribution in [2.75, 3.05) is 13.7 Å². The van der Waals surface area contributed by atoms with Crippen molar-refractivity contribution in [1.82, 2.24) is 10.3 Å². The summed E-state index contributed by atoms with van der Waals surface area (Å²) < 4.78 is 45.1. The summed E-state index contributed by atoms with van der Waals surface area (Å²) in [5.41, 5.74) is -1.13. The first-order chi connectivity index (χ1) is 10.6. The molecular formula is C14H17F3N2O4. The van der Waals surface area contributed by atoms with Crippen LogP contribution in [0.25, 0.3) is 0 Å². The van der Waals surface area contributed by atoms with E-state index in [4.69, 9.17) is 0 Å². The van der Waals surface area contributed by atoms with E-state index in [1.165, 1.54) is 20.1 Å². The first kappa shape index (κ1) is 18.7. The SMILES string of the molecule is CCC(C)(NC(=O)c1ccc(OCC(F)(F)F)nc1)C(=O)OC. The molecule has 1 aromatic heterocycles. The second-order valence-corrected chi connectivity index (χ2v) is 4.92. The van der Waals surface area contributed by atoms with Crippen molar-refractivity contribution in [1.29, 1.82) is 0 Å². The molecule has 1 N–H and O–H groups in total. The van der Waals surface area contributed by atoms with Crippen molar-refractivity contribution in [3.05, 3.63) is 23.9 Å². The summed E-state index contributed by atoms with van der Waals surface area (Å²) >= 11 is 0. The summed E-state index contributed by atoms with van der Waals surface area (Å²) in [6.07, 6.45) is -3.11. The first-order valence-corrected chi connectivity index (χ1v) is 6.68. The summed E-state index contributed by atoms with van der Waals surface area (Å²) in [7, 11) is 1.21. The van der Waals surface area contributed by atoms with E-state index in [2.05, 4.69) is 19.8 Å². The van der Waals surface area contributed by atoms with Crippen LogP contribution >= 0.6 is 0 Å². The van der Waals surface area contributed by atoms with Gasteiger partial charge in [0.15, 0.2) is 6.61 Å². The Hall–Kier alpha value is -2.32. The maximum Gasteiger partial charge on any atom is 0.422 e. The van der Waals surface area contributed by atoms with Gasteiger partial charge in [-0.3, -0.25) is 4.79 Å². The van der Waals surface area contributed by atoms with Crippen LogP contribution in [-0.4, -0.2) is 42.3 Å². The molecule has 0 radical (unpaired) electrons. The number of methoxy groups -OCH3 is 1. The average Bonchev–Trinajstić information content (AvgIpc) is 2.51. The highest BCUT2D eigenvalue weighted by Crippen LogP contribution is 2.17. The summed E-state index contributed by atoms with van der Waals surface area (Å²) in [4.78, 5) is 27.4. The molecule has 1 rings (SSSR count). The van der Waals surface area contributed by atoms with Gasteiger partial charge in [-0.15, -0.1) is 0 Å². The number of aromatic nitrogens is 1. The van der Waals surface area contributed by atoms with Crippen LogP contribution < -0.4 is 10.1 Å². The lowest BCUT2D eigenvalue weighted by molar-refractivity contribution is -0.154. The number of rotatable bonds is 6. The number of pyridine rings is 1. The number of hydrogen-bond donors (Lipinski definition) is 1. The van der Waals surface area contributed by atoms with E-state index in [0.29, 0.717) is 6.42 Å². The van der Waals surface area contributed by atoms with Gasteiger partial charge in [-0.2, -0.15) is 13.2 Å². The fourth-order valence-corrected chi connectivity index (χ4v) is 1.59. The van der Waals surface area contributed by atoms with Crippen molar-refractivity contribution in [3.8, 4) is 5.88 Å². The Labute approximate surface area is 131 Å². The Kier molecular flexibility index (Phi) is 5.94. The number of amides is 1. The predicted octanol–water partition coefficient (Wildman–Crippen LogP) is 2.09. The smallest absolute Gasteiger partial charge is 0.422 e. The molecule has 1 atom stereocenters. The Bertz CT molecular complexity index is 560. The van der Waals surface area contributed by atoms with Gasteiger partial charge in [-0.1, -0.05) is 6.92 Å². The average molecular weight is 334 g/mol. The van der Waals surface area contributed by atoms with Crippen molar-refractivity contribution in [2.45, 2.75) is 32.0 Å². The zero-order valence-corrected chi connectivity index (χ0v) is 12.9. The molecule has 0 aliphatic rings. The molecule has 0 aliphatic carbocycles. The van der Waals surface area contributed by atoms with Gasteiger partial charge in [0.05, 0.1) is 12.7 Å². The van der Waals surface area contributed by atoms with E-state index in [1.807, 2.05) is 0 Å². The molecule has 1 heterocycles. The summed E-state index contributed by atoms with van der Waals surface area (Å²) in [6, 6.07) is 2.39. The van der Waals surface area contributed by atoms with Crippen LogP contribution in [0.2, 0.25) is 0 Å². The summed E-state index contributed by atoms with van der Waals surface area (Å²) in [6.45, 7) is 1.73. The van der Waals surface area contributed by atoms with Gasteiger partial charge in [-0.05, 0) is 19.4 Å². The van der Waals surface area contributed by atoms with Crippen LogP contribution in [0.5, 0.6) is 5.88 Å². The molecular weight excluding hydrogens is 317 g/mol. The summed E-state index contributed by atoms with van der Waals surface area (Å²) in [5.74, 6) is -1.47. The molecule has 6 nitrogen and oxygen atoms in total. The van der Waals surface area contributed by atoms with E-state index in [1.54, 1.807) is 6.92 Å². The van der Waals surface area contributed by atoms with Crippen molar-refractivity contribution < 1.29 is 32.2 Å². The fraction of sp³-hybridized carbons (Fsp3) is 0.500. The molecule has 0 aromatic carbocycles. The van der Waals surface area contributed by atoms with Gasteiger partial charge >= 0.3 is 12.1 Å². The Morgan fingerprint density at radius 3 is 2.39 bits per heavy atom. The lowest BCUT2D eigenvalue weighted by atomic mass is 9.98. The van der Waals surface area contributed by atoms with E-state index < -0.39 is 30.2 Å². The molecule has 0 saturated carbocycles. The van der Waals surface area contributed by atoms with Crippen LogP contribution in [0, 0.1) is 0 Å². The van der Waals surface area contributed by atoms with E-state index in [-0.39, 0.29) is 11.4 Å². The molecule has 128 valence electrons. The zero-order valence-electron chi connectivity index (χ0n) is 12.9. The molecule has 1 amide bonds. The maximum absolute atomic E-state index is 12.1. The molecule has 1 aromatic rings. The number of carbonyl (C=O) groups is 2. The van der Waals surface area contributed by atoms with Gasteiger partial charge in [0, 0.05) is 12.3 Å². The van der Waals surface area contributed by atoms with E-state index >= 15 is 0 Å². The topological polar surface area (TPSA) is 77.5 Å². The minimum Gasteiger partial charge on any atom is -0.468 e. The molecule has 23 heavy (non-hydrogen) atoms. The second-order valence-electron chi connectivity index (χ2n) is 4.92. The number of ether oxygens (including phenoxy) is 2. The van der Waals surface area contributed by atoms with E-state index in [9.17, 15) is 22.8 Å². The van der Waals surface area contributed by atoms with E-state index in [0.717, 1.165) is 12.3 Å². The largest absolute Gasteiger partial charge is 0.468 e.